The Hall–Kier alpha value is -2.24. The van der Waals surface area contributed by atoms with Crippen LogP contribution in [0.3, 0.4) is 0 Å². The average molecular weight is 403 g/mol. The van der Waals surface area contributed by atoms with Gasteiger partial charge in [0.1, 0.15) is 11.5 Å². The highest BCUT2D eigenvalue weighted by Crippen LogP contribution is 2.31. The van der Waals surface area contributed by atoms with Gasteiger partial charge in [-0.1, -0.05) is 29.8 Å². The number of amides is 1. The SMILES string of the molecule is COc1cc(C(=O)N2CCN(C(C)c3ccccc3Cl)CC2)cc(OC)c1C. The lowest BCUT2D eigenvalue weighted by molar-refractivity contribution is 0.0581. The molecular weight excluding hydrogens is 376 g/mol. The number of piperazine rings is 1. The third-order valence-corrected chi connectivity index (χ3v) is 5.85. The molecule has 3 rings (SSSR count). The summed E-state index contributed by atoms with van der Waals surface area (Å²) in [6, 6.07) is 11.7. The zero-order valence-corrected chi connectivity index (χ0v) is 17.6. The summed E-state index contributed by atoms with van der Waals surface area (Å²) < 4.78 is 10.8. The second-order valence-corrected chi connectivity index (χ2v) is 7.44. The second kappa shape index (κ2) is 8.84. The Morgan fingerprint density at radius 3 is 2.14 bits per heavy atom. The highest BCUT2D eigenvalue weighted by atomic mass is 35.5. The van der Waals surface area contributed by atoms with Crippen LogP contribution < -0.4 is 9.47 Å². The number of nitrogens with zero attached hydrogens (tertiary/aromatic N) is 2. The summed E-state index contributed by atoms with van der Waals surface area (Å²) in [5.41, 5.74) is 2.60. The minimum Gasteiger partial charge on any atom is -0.496 e. The van der Waals surface area contributed by atoms with Crippen LogP contribution in [0.4, 0.5) is 0 Å². The molecule has 0 aromatic heterocycles. The fraction of sp³-hybridized carbons (Fsp3) is 0.409. The first-order chi connectivity index (χ1) is 13.5. The van der Waals surface area contributed by atoms with Gasteiger partial charge in [-0.15, -0.1) is 0 Å². The van der Waals surface area contributed by atoms with Crippen LogP contribution in [0.15, 0.2) is 36.4 Å². The lowest BCUT2D eigenvalue weighted by Crippen LogP contribution is -2.49. The van der Waals surface area contributed by atoms with E-state index >= 15 is 0 Å². The Morgan fingerprint density at radius 1 is 1.04 bits per heavy atom. The van der Waals surface area contributed by atoms with Gasteiger partial charge in [0.05, 0.1) is 14.2 Å². The van der Waals surface area contributed by atoms with Gasteiger partial charge in [-0.05, 0) is 37.6 Å². The first-order valence-electron chi connectivity index (χ1n) is 9.46. The molecule has 0 N–H and O–H groups in total. The van der Waals surface area contributed by atoms with E-state index in [0.717, 1.165) is 29.2 Å². The normalized spacial score (nSPS) is 16.0. The van der Waals surface area contributed by atoms with Crippen molar-refractivity contribution in [1.29, 1.82) is 0 Å². The van der Waals surface area contributed by atoms with Gasteiger partial charge in [-0.3, -0.25) is 9.69 Å². The van der Waals surface area contributed by atoms with Crippen molar-refractivity contribution >= 4 is 17.5 Å². The zero-order chi connectivity index (χ0) is 20.3. The van der Waals surface area contributed by atoms with Crippen molar-refractivity contribution in [3.63, 3.8) is 0 Å². The van der Waals surface area contributed by atoms with Gasteiger partial charge < -0.3 is 14.4 Å². The van der Waals surface area contributed by atoms with Gasteiger partial charge in [-0.2, -0.15) is 0 Å². The van der Waals surface area contributed by atoms with Crippen molar-refractivity contribution in [2.75, 3.05) is 40.4 Å². The fourth-order valence-electron chi connectivity index (χ4n) is 3.72. The Labute approximate surface area is 171 Å². The van der Waals surface area contributed by atoms with Crippen molar-refractivity contribution in [1.82, 2.24) is 9.80 Å². The number of benzene rings is 2. The standard InChI is InChI=1S/C22H27ClN2O3/c1-15-20(27-3)13-17(14-21(15)28-4)22(26)25-11-9-24(10-12-25)16(2)18-7-5-6-8-19(18)23/h5-8,13-14,16H,9-12H2,1-4H3. The monoisotopic (exact) mass is 402 g/mol. The number of carbonyl (C=O) groups is 1. The van der Waals surface area contributed by atoms with Crippen LogP contribution in [0.5, 0.6) is 11.5 Å². The van der Waals surface area contributed by atoms with Crippen LogP contribution >= 0.6 is 11.6 Å². The van der Waals surface area contributed by atoms with E-state index in [1.807, 2.05) is 30.0 Å². The molecule has 5 nitrogen and oxygen atoms in total. The zero-order valence-electron chi connectivity index (χ0n) is 16.9. The molecule has 6 heteroatoms. The van der Waals surface area contributed by atoms with Crippen molar-refractivity contribution in [2.24, 2.45) is 0 Å². The van der Waals surface area contributed by atoms with Crippen LogP contribution in [0.25, 0.3) is 0 Å². The molecule has 1 aliphatic rings. The molecule has 2 aromatic carbocycles. The first kappa shape index (κ1) is 20.5. The molecule has 0 saturated carbocycles. The number of hydrogen-bond acceptors (Lipinski definition) is 4. The van der Waals surface area contributed by atoms with Crippen molar-refractivity contribution in [3.8, 4) is 11.5 Å². The largest absolute Gasteiger partial charge is 0.496 e. The van der Waals surface area contributed by atoms with E-state index in [2.05, 4.69) is 17.9 Å². The van der Waals surface area contributed by atoms with Gasteiger partial charge in [0.2, 0.25) is 0 Å². The molecule has 0 spiro atoms. The van der Waals surface area contributed by atoms with Crippen molar-refractivity contribution in [2.45, 2.75) is 19.9 Å². The molecule has 2 aromatic rings. The van der Waals surface area contributed by atoms with Crippen LogP contribution in [0.2, 0.25) is 5.02 Å². The lowest BCUT2D eigenvalue weighted by Gasteiger charge is -2.38. The van der Waals surface area contributed by atoms with Crippen molar-refractivity contribution < 1.29 is 14.3 Å². The molecule has 28 heavy (non-hydrogen) atoms. The number of hydrogen-bond donors (Lipinski definition) is 0. The number of rotatable bonds is 5. The molecule has 1 amide bonds. The minimum absolute atomic E-state index is 0.00152. The van der Waals surface area contributed by atoms with Crippen LogP contribution in [-0.4, -0.2) is 56.1 Å². The highest BCUT2D eigenvalue weighted by Gasteiger charge is 2.27. The number of methoxy groups -OCH3 is 2. The predicted molar refractivity (Wildman–Crippen MR) is 112 cm³/mol. The highest BCUT2D eigenvalue weighted by molar-refractivity contribution is 6.31. The molecule has 150 valence electrons. The molecule has 0 bridgehead atoms. The molecular formula is C22H27ClN2O3. The average Bonchev–Trinajstić information content (AvgIpc) is 2.73. The summed E-state index contributed by atoms with van der Waals surface area (Å²) in [6.07, 6.45) is 0. The third-order valence-electron chi connectivity index (χ3n) is 5.50. The number of halogens is 1. The maximum absolute atomic E-state index is 13.0. The topological polar surface area (TPSA) is 42.0 Å². The molecule has 0 radical (unpaired) electrons. The van der Waals surface area contributed by atoms with E-state index in [1.54, 1.807) is 26.4 Å². The van der Waals surface area contributed by atoms with Crippen LogP contribution in [0.1, 0.15) is 34.5 Å². The van der Waals surface area contributed by atoms with E-state index in [9.17, 15) is 4.79 Å². The maximum atomic E-state index is 13.0. The Morgan fingerprint density at radius 2 is 1.61 bits per heavy atom. The van der Waals surface area contributed by atoms with E-state index in [-0.39, 0.29) is 11.9 Å². The Bertz CT molecular complexity index is 822. The van der Waals surface area contributed by atoms with Crippen molar-refractivity contribution in [3.05, 3.63) is 58.1 Å². The lowest BCUT2D eigenvalue weighted by atomic mass is 10.1. The predicted octanol–water partition coefficient (Wildman–Crippen LogP) is 4.18. The molecule has 1 atom stereocenters. The summed E-state index contributed by atoms with van der Waals surface area (Å²) in [7, 11) is 3.20. The minimum atomic E-state index is 0.00152. The number of carbonyl (C=O) groups excluding carboxylic acids is 1. The summed E-state index contributed by atoms with van der Waals surface area (Å²) in [5, 5.41) is 0.785. The van der Waals surface area contributed by atoms with E-state index in [1.165, 1.54) is 0 Å². The van der Waals surface area contributed by atoms with Crippen LogP contribution in [0, 0.1) is 6.92 Å². The van der Waals surface area contributed by atoms with Crippen LogP contribution in [-0.2, 0) is 0 Å². The molecule has 1 fully saturated rings. The second-order valence-electron chi connectivity index (χ2n) is 7.03. The first-order valence-corrected chi connectivity index (χ1v) is 9.84. The van der Waals surface area contributed by atoms with E-state index in [0.29, 0.717) is 30.2 Å². The quantitative estimate of drug-likeness (QED) is 0.752. The summed E-state index contributed by atoms with van der Waals surface area (Å²) >= 11 is 6.35. The molecule has 1 unspecified atom stereocenters. The Kier molecular flexibility index (Phi) is 6.47. The molecule has 1 aliphatic heterocycles. The summed E-state index contributed by atoms with van der Waals surface area (Å²) in [6.45, 7) is 7.03. The fourth-order valence-corrected chi connectivity index (χ4v) is 4.01. The Balaban J connectivity index is 1.70. The van der Waals surface area contributed by atoms with Gasteiger partial charge in [0.25, 0.3) is 5.91 Å². The number of ether oxygens (including phenoxy) is 2. The molecule has 1 saturated heterocycles. The molecule has 1 heterocycles. The summed E-state index contributed by atoms with van der Waals surface area (Å²) in [5.74, 6) is 1.32. The van der Waals surface area contributed by atoms with Gasteiger partial charge in [0.15, 0.2) is 0 Å². The van der Waals surface area contributed by atoms with Gasteiger partial charge in [0, 0.05) is 48.4 Å². The smallest absolute Gasteiger partial charge is 0.254 e. The summed E-state index contributed by atoms with van der Waals surface area (Å²) in [4.78, 5) is 17.3. The maximum Gasteiger partial charge on any atom is 0.254 e. The third kappa shape index (κ3) is 4.10. The van der Waals surface area contributed by atoms with E-state index < -0.39 is 0 Å². The van der Waals surface area contributed by atoms with Gasteiger partial charge in [-0.25, -0.2) is 0 Å². The molecule has 0 aliphatic carbocycles. The van der Waals surface area contributed by atoms with Gasteiger partial charge >= 0.3 is 0 Å². The van der Waals surface area contributed by atoms with E-state index in [4.69, 9.17) is 21.1 Å².